The van der Waals surface area contributed by atoms with E-state index in [2.05, 4.69) is 46.8 Å². The number of piperazine rings is 1. The van der Waals surface area contributed by atoms with Gasteiger partial charge in [0.25, 0.3) is 0 Å². The highest BCUT2D eigenvalue weighted by molar-refractivity contribution is 5.53. The maximum Gasteiger partial charge on any atom is 0.224 e. The third-order valence-electron chi connectivity index (χ3n) is 7.04. The average molecular weight is 423 g/mol. The number of hydrogen-bond donors (Lipinski definition) is 0. The fourth-order valence-electron chi connectivity index (χ4n) is 5.19. The van der Waals surface area contributed by atoms with Crippen molar-refractivity contribution in [3.63, 3.8) is 0 Å². The molecule has 0 N–H and O–H groups in total. The topological polar surface area (TPSA) is 39.9 Å². The zero-order valence-electron chi connectivity index (χ0n) is 18.6. The summed E-state index contributed by atoms with van der Waals surface area (Å²) in [4.78, 5) is 16.3. The van der Waals surface area contributed by atoms with E-state index in [0.29, 0.717) is 11.3 Å². The summed E-state index contributed by atoms with van der Waals surface area (Å²) in [6, 6.07) is 10.1. The molecular formula is C24H31FN6. The number of anilines is 1. The molecule has 5 heterocycles. The van der Waals surface area contributed by atoms with Gasteiger partial charge in [0.1, 0.15) is 17.2 Å². The number of likely N-dealkylation sites (N-methyl/N-ethyl adjacent to an activating group) is 1. The summed E-state index contributed by atoms with van der Waals surface area (Å²) in [5.41, 5.74) is 3.53. The predicted octanol–water partition coefficient (Wildman–Crippen LogP) is 3.83. The van der Waals surface area contributed by atoms with Crippen molar-refractivity contribution in [3.05, 3.63) is 59.4 Å². The van der Waals surface area contributed by atoms with E-state index in [9.17, 15) is 0 Å². The molecule has 7 heteroatoms. The lowest BCUT2D eigenvalue weighted by Crippen LogP contribution is -2.45. The van der Waals surface area contributed by atoms with Crippen LogP contribution in [-0.4, -0.2) is 64.4 Å². The fraction of sp³-hybridized carbons (Fsp3) is 0.500. The molecule has 0 spiro atoms. The highest BCUT2D eigenvalue weighted by Crippen LogP contribution is 2.41. The largest absolute Gasteiger partial charge is 0.355 e. The number of aryl methyl sites for hydroxylation is 1. The number of piperidine rings is 1. The van der Waals surface area contributed by atoms with E-state index in [1.165, 1.54) is 5.56 Å². The Hall–Kier alpha value is -2.51. The van der Waals surface area contributed by atoms with Crippen LogP contribution >= 0.6 is 0 Å². The van der Waals surface area contributed by atoms with Crippen LogP contribution in [0.3, 0.4) is 0 Å². The minimum Gasteiger partial charge on any atom is -0.355 e. The summed E-state index contributed by atoms with van der Waals surface area (Å²) < 4.78 is 17.6. The van der Waals surface area contributed by atoms with Crippen LogP contribution in [0.1, 0.15) is 48.3 Å². The van der Waals surface area contributed by atoms with Gasteiger partial charge in [0, 0.05) is 32.4 Å². The molecule has 6 nitrogen and oxygen atoms in total. The second-order valence-electron chi connectivity index (χ2n) is 8.99. The van der Waals surface area contributed by atoms with E-state index < -0.39 is 0 Å². The third-order valence-corrected chi connectivity index (χ3v) is 7.04. The van der Waals surface area contributed by atoms with Gasteiger partial charge >= 0.3 is 0 Å². The summed E-state index contributed by atoms with van der Waals surface area (Å²) in [6.07, 6.45) is 4.83. The van der Waals surface area contributed by atoms with Gasteiger partial charge in [0.15, 0.2) is 0 Å². The molecule has 2 saturated heterocycles. The maximum atomic E-state index is 15.9. The highest BCUT2D eigenvalue weighted by atomic mass is 19.1. The number of likely N-dealkylation sites (tertiary alicyclic amines) is 1. The minimum absolute atomic E-state index is 0.0552. The van der Waals surface area contributed by atoms with Crippen LogP contribution in [0.2, 0.25) is 0 Å². The molecular weight excluding hydrogens is 391 g/mol. The molecule has 2 atom stereocenters. The van der Waals surface area contributed by atoms with Crippen LogP contribution in [0.4, 0.5) is 10.2 Å². The molecule has 0 saturated carbocycles. The standard InChI is InChI=1S/C24H31FN6/c1-17-7-6-12-26-22(17)18-8-4-9-19(29(18)3)23-24(25)31-20(27-23)10-5-11-21(31)30-15-13-28(2)14-16-30/h5-7,10-12,18-19H,4,8-9,13-16H2,1-3H3/t18-,19+/m0/s1. The monoisotopic (exact) mass is 422 g/mol. The van der Waals surface area contributed by atoms with Gasteiger partial charge in [0.05, 0.1) is 17.8 Å². The van der Waals surface area contributed by atoms with Crippen molar-refractivity contribution in [2.24, 2.45) is 0 Å². The lowest BCUT2D eigenvalue weighted by atomic mass is 9.91. The Kier molecular flexibility index (Phi) is 5.40. The zero-order valence-corrected chi connectivity index (χ0v) is 18.6. The number of imidazole rings is 1. The normalized spacial score (nSPS) is 23.5. The van der Waals surface area contributed by atoms with Crippen molar-refractivity contribution in [2.75, 3.05) is 45.2 Å². The fourth-order valence-corrected chi connectivity index (χ4v) is 5.19. The first-order chi connectivity index (χ1) is 15.0. The molecule has 0 amide bonds. The molecule has 2 aliphatic heterocycles. The highest BCUT2D eigenvalue weighted by Gasteiger charge is 2.35. The second kappa shape index (κ2) is 8.20. The van der Waals surface area contributed by atoms with Crippen LogP contribution in [0.15, 0.2) is 36.5 Å². The zero-order chi connectivity index (χ0) is 21.5. The van der Waals surface area contributed by atoms with Gasteiger partial charge in [-0.25, -0.2) is 4.98 Å². The second-order valence-corrected chi connectivity index (χ2v) is 8.99. The van der Waals surface area contributed by atoms with E-state index in [1.54, 1.807) is 4.40 Å². The molecule has 0 aliphatic carbocycles. The van der Waals surface area contributed by atoms with E-state index >= 15 is 4.39 Å². The molecule has 2 fully saturated rings. The van der Waals surface area contributed by atoms with Gasteiger partial charge in [-0.1, -0.05) is 12.1 Å². The maximum absolute atomic E-state index is 15.9. The van der Waals surface area contributed by atoms with Gasteiger partial charge in [-0.05, 0) is 64.0 Å². The number of nitrogens with zero attached hydrogens (tertiary/aromatic N) is 6. The molecule has 31 heavy (non-hydrogen) atoms. The Morgan fingerprint density at radius 3 is 2.42 bits per heavy atom. The third kappa shape index (κ3) is 3.59. The molecule has 0 bridgehead atoms. The first kappa shape index (κ1) is 20.4. The summed E-state index contributed by atoms with van der Waals surface area (Å²) >= 11 is 0. The van der Waals surface area contributed by atoms with Crippen LogP contribution in [0.25, 0.3) is 5.65 Å². The Balaban J connectivity index is 1.51. The smallest absolute Gasteiger partial charge is 0.224 e. The van der Waals surface area contributed by atoms with Crippen molar-refractivity contribution in [1.29, 1.82) is 0 Å². The molecule has 3 aromatic heterocycles. The van der Waals surface area contributed by atoms with Gasteiger partial charge in [-0.15, -0.1) is 0 Å². The molecule has 0 radical (unpaired) electrons. The Bertz CT molecular complexity index is 1070. The lowest BCUT2D eigenvalue weighted by molar-refractivity contribution is 0.106. The number of halogens is 1. The molecule has 0 unspecified atom stereocenters. The molecule has 3 aromatic rings. The number of rotatable bonds is 3. The Morgan fingerprint density at radius 1 is 0.935 bits per heavy atom. The first-order valence-electron chi connectivity index (χ1n) is 11.3. The predicted molar refractivity (Wildman–Crippen MR) is 121 cm³/mol. The van der Waals surface area contributed by atoms with Gasteiger partial charge in [-0.2, -0.15) is 4.39 Å². The quantitative estimate of drug-likeness (QED) is 0.642. The minimum atomic E-state index is -0.222. The van der Waals surface area contributed by atoms with Crippen molar-refractivity contribution in [1.82, 2.24) is 24.2 Å². The lowest BCUT2D eigenvalue weighted by Gasteiger charge is -2.39. The molecule has 5 rings (SSSR count). The Labute approximate surface area is 183 Å². The van der Waals surface area contributed by atoms with Crippen LogP contribution < -0.4 is 4.90 Å². The number of hydrogen-bond acceptors (Lipinski definition) is 5. The SMILES string of the molecule is Cc1cccnc1[C@@H]1CCC[C@H](c2nc3cccc(N4CCN(C)CC4)n3c2F)N1C. The van der Waals surface area contributed by atoms with Gasteiger partial charge in [0.2, 0.25) is 5.95 Å². The molecule has 0 aromatic carbocycles. The first-order valence-corrected chi connectivity index (χ1v) is 11.3. The number of pyridine rings is 2. The van der Waals surface area contributed by atoms with Crippen molar-refractivity contribution < 1.29 is 4.39 Å². The average Bonchev–Trinajstić information content (AvgIpc) is 3.12. The summed E-state index contributed by atoms with van der Waals surface area (Å²) in [5, 5.41) is 0. The van der Waals surface area contributed by atoms with E-state index in [-0.39, 0.29) is 18.0 Å². The summed E-state index contributed by atoms with van der Waals surface area (Å²) in [5.74, 6) is 0.678. The van der Waals surface area contributed by atoms with E-state index in [1.807, 2.05) is 30.5 Å². The number of fused-ring (bicyclic) bond motifs is 1. The Morgan fingerprint density at radius 2 is 1.68 bits per heavy atom. The molecule has 164 valence electrons. The summed E-state index contributed by atoms with van der Waals surface area (Å²) in [7, 11) is 4.22. The van der Waals surface area contributed by atoms with E-state index in [0.717, 1.165) is 57.0 Å². The van der Waals surface area contributed by atoms with Gasteiger partial charge in [-0.3, -0.25) is 14.3 Å². The van der Waals surface area contributed by atoms with Crippen LogP contribution in [0.5, 0.6) is 0 Å². The van der Waals surface area contributed by atoms with Crippen molar-refractivity contribution in [3.8, 4) is 0 Å². The summed E-state index contributed by atoms with van der Waals surface area (Å²) in [6.45, 7) is 5.86. The molecule has 2 aliphatic rings. The van der Waals surface area contributed by atoms with Gasteiger partial charge < -0.3 is 9.80 Å². The number of aromatic nitrogens is 3. The van der Waals surface area contributed by atoms with Crippen molar-refractivity contribution >= 4 is 11.5 Å². The van der Waals surface area contributed by atoms with Crippen molar-refractivity contribution in [2.45, 2.75) is 38.3 Å². The van der Waals surface area contributed by atoms with Crippen LogP contribution in [0, 0.1) is 12.9 Å². The van der Waals surface area contributed by atoms with Crippen LogP contribution in [-0.2, 0) is 0 Å². The van der Waals surface area contributed by atoms with E-state index in [4.69, 9.17) is 4.98 Å².